The Balaban J connectivity index is 1.49. The van der Waals surface area contributed by atoms with E-state index in [0.717, 1.165) is 42.2 Å². The van der Waals surface area contributed by atoms with Gasteiger partial charge in [0.2, 0.25) is 0 Å². The van der Waals surface area contributed by atoms with Crippen LogP contribution in [0.25, 0.3) is 0 Å². The van der Waals surface area contributed by atoms with E-state index in [1.54, 1.807) is 0 Å². The van der Waals surface area contributed by atoms with Crippen LogP contribution < -0.4 is 5.32 Å². The second-order valence-electron chi connectivity index (χ2n) is 7.19. The summed E-state index contributed by atoms with van der Waals surface area (Å²) >= 11 is 0. The first-order valence-corrected chi connectivity index (χ1v) is 9.04. The molecule has 2 aliphatic rings. The van der Waals surface area contributed by atoms with Crippen molar-refractivity contribution in [3.05, 3.63) is 40.7 Å². The monoisotopic (exact) mass is 340 g/mol. The van der Waals surface area contributed by atoms with Crippen LogP contribution in [0.15, 0.2) is 12.3 Å². The molecule has 1 fully saturated rings. The zero-order chi connectivity index (χ0) is 17.4. The minimum absolute atomic E-state index is 0.0321. The van der Waals surface area contributed by atoms with Crippen LogP contribution in [0.1, 0.15) is 71.9 Å². The fourth-order valence-electron chi connectivity index (χ4n) is 3.48. The van der Waals surface area contributed by atoms with Crippen molar-refractivity contribution in [2.45, 2.75) is 51.6 Å². The van der Waals surface area contributed by atoms with E-state index in [1.807, 2.05) is 17.2 Å². The van der Waals surface area contributed by atoms with Crippen molar-refractivity contribution in [3.63, 3.8) is 0 Å². The molecular formula is C18H24N6O. The van der Waals surface area contributed by atoms with Gasteiger partial charge >= 0.3 is 0 Å². The lowest BCUT2D eigenvalue weighted by molar-refractivity contribution is 0.0727. The van der Waals surface area contributed by atoms with E-state index in [2.05, 4.69) is 34.3 Å². The highest BCUT2D eigenvalue weighted by atomic mass is 16.2. The number of amides is 1. The predicted molar refractivity (Wildman–Crippen MR) is 93.1 cm³/mol. The summed E-state index contributed by atoms with van der Waals surface area (Å²) in [5, 5.41) is 10.6. The number of carbonyl (C=O) groups excluding carboxylic acids is 1. The lowest BCUT2D eigenvalue weighted by Gasteiger charge is -2.28. The molecule has 2 aromatic rings. The third-order valence-electron chi connectivity index (χ3n) is 5.05. The Morgan fingerprint density at radius 2 is 2.28 bits per heavy atom. The zero-order valence-corrected chi connectivity index (χ0v) is 14.7. The fraction of sp³-hybridized carbons (Fsp3) is 0.556. The van der Waals surface area contributed by atoms with Crippen molar-refractivity contribution in [1.29, 1.82) is 0 Å². The van der Waals surface area contributed by atoms with Crippen LogP contribution in [-0.4, -0.2) is 44.1 Å². The molecule has 4 rings (SSSR count). The van der Waals surface area contributed by atoms with E-state index < -0.39 is 0 Å². The van der Waals surface area contributed by atoms with Crippen molar-refractivity contribution in [3.8, 4) is 0 Å². The molecule has 2 N–H and O–H groups in total. The predicted octanol–water partition coefficient (Wildman–Crippen LogP) is 1.95. The molecule has 25 heavy (non-hydrogen) atoms. The molecule has 2 aliphatic heterocycles. The van der Waals surface area contributed by atoms with Gasteiger partial charge in [0.25, 0.3) is 5.91 Å². The molecule has 7 nitrogen and oxygen atoms in total. The van der Waals surface area contributed by atoms with Gasteiger partial charge in [0.1, 0.15) is 11.5 Å². The van der Waals surface area contributed by atoms with Crippen LogP contribution in [0.2, 0.25) is 0 Å². The van der Waals surface area contributed by atoms with Gasteiger partial charge in [-0.1, -0.05) is 13.8 Å². The summed E-state index contributed by atoms with van der Waals surface area (Å²) in [4.78, 5) is 23.8. The number of aromatic amines is 1. The first-order chi connectivity index (χ1) is 12.1. The molecule has 7 heteroatoms. The van der Waals surface area contributed by atoms with E-state index in [9.17, 15) is 4.79 Å². The standard InChI is InChI=1S/C18H24N6O/c1-11(2)15-8-16(23-22-15)18(25)24-7-5-13-12(10-24)9-20-17(21-13)14-4-3-6-19-14/h8-9,11,14,19H,3-7,10H2,1-2H3,(H,22,23)/t14-/m1/s1. The molecule has 0 bridgehead atoms. The van der Waals surface area contributed by atoms with Crippen LogP contribution in [0.4, 0.5) is 0 Å². The topological polar surface area (TPSA) is 86.8 Å². The van der Waals surface area contributed by atoms with Crippen molar-refractivity contribution in [2.24, 2.45) is 0 Å². The summed E-state index contributed by atoms with van der Waals surface area (Å²) in [6, 6.07) is 2.14. The Labute approximate surface area is 147 Å². The van der Waals surface area contributed by atoms with Gasteiger partial charge in [0.15, 0.2) is 0 Å². The zero-order valence-electron chi connectivity index (χ0n) is 14.7. The van der Waals surface area contributed by atoms with Crippen LogP contribution in [0, 0.1) is 0 Å². The number of rotatable bonds is 3. The Morgan fingerprint density at radius 3 is 3.00 bits per heavy atom. The molecule has 2 aromatic heterocycles. The van der Waals surface area contributed by atoms with Crippen molar-refractivity contribution in [2.75, 3.05) is 13.1 Å². The van der Waals surface area contributed by atoms with E-state index in [1.165, 1.54) is 6.42 Å². The van der Waals surface area contributed by atoms with Gasteiger partial charge in [0, 0.05) is 37.0 Å². The summed E-state index contributed by atoms with van der Waals surface area (Å²) < 4.78 is 0. The molecule has 0 unspecified atom stereocenters. The lowest BCUT2D eigenvalue weighted by Crippen LogP contribution is -2.37. The molecule has 1 atom stereocenters. The van der Waals surface area contributed by atoms with Crippen LogP contribution in [0.5, 0.6) is 0 Å². The highest BCUT2D eigenvalue weighted by molar-refractivity contribution is 5.92. The summed E-state index contributed by atoms with van der Waals surface area (Å²) in [7, 11) is 0. The third kappa shape index (κ3) is 3.16. The first-order valence-electron chi connectivity index (χ1n) is 9.04. The average Bonchev–Trinajstić information content (AvgIpc) is 3.32. The van der Waals surface area contributed by atoms with Crippen LogP contribution >= 0.6 is 0 Å². The van der Waals surface area contributed by atoms with Gasteiger partial charge in [-0.15, -0.1) is 0 Å². The Kier molecular flexibility index (Phi) is 4.25. The number of hydrogen-bond donors (Lipinski definition) is 2. The van der Waals surface area contributed by atoms with Crippen molar-refractivity contribution >= 4 is 5.91 Å². The van der Waals surface area contributed by atoms with Gasteiger partial charge in [-0.25, -0.2) is 9.97 Å². The van der Waals surface area contributed by atoms with E-state index in [4.69, 9.17) is 4.98 Å². The molecule has 1 amide bonds. The average molecular weight is 340 g/mol. The molecule has 0 saturated carbocycles. The summed E-state index contributed by atoms with van der Waals surface area (Å²) in [6.45, 7) is 6.41. The molecule has 132 valence electrons. The summed E-state index contributed by atoms with van der Waals surface area (Å²) in [5.74, 6) is 1.19. The maximum absolute atomic E-state index is 12.7. The first kappa shape index (κ1) is 16.2. The lowest BCUT2D eigenvalue weighted by atomic mass is 10.1. The SMILES string of the molecule is CC(C)c1cc(C(=O)N2CCc3nc([C@H]4CCCN4)ncc3C2)n[nH]1. The minimum Gasteiger partial charge on any atom is -0.332 e. The van der Waals surface area contributed by atoms with Gasteiger partial charge < -0.3 is 10.2 Å². The Morgan fingerprint density at radius 1 is 1.40 bits per heavy atom. The second kappa shape index (κ2) is 6.55. The maximum Gasteiger partial charge on any atom is 0.274 e. The number of nitrogens with one attached hydrogen (secondary N) is 2. The smallest absolute Gasteiger partial charge is 0.274 e. The van der Waals surface area contributed by atoms with E-state index in [0.29, 0.717) is 24.7 Å². The fourth-order valence-corrected chi connectivity index (χ4v) is 3.48. The molecular weight excluding hydrogens is 316 g/mol. The largest absolute Gasteiger partial charge is 0.332 e. The van der Waals surface area contributed by atoms with Crippen LogP contribution in [-0.2, 0) is 13.0 Å². The maximum atomic E-state index is 12.7. The summed E-state index contributed by atoms with van der Waals surface area (Å²) in [6.07, 6.45) is 4.93. The number of aromatic nitrogens is 4. The molecule has 0 aromatic carbocycles. The number of nitrogens with zero attached hydrogens (tertiary/aromatic N) is 4. The van der Waals surface area contributed by atoms with Gasteiger partial charge in [-0.05, 0) is 31.4 Å². The third-order valence-corrected chi connectivity index (χ3v) is 5.05. The molecule has 0 aliphatic carbocycles. The van der Waals surface area contributed by atoms with Crippen LogP contribution in [0.3, 0.4) is 0 Å². The number of carbonyl (C=O) groups is 1. The molecule has 0 spiro atoms. The van der Waals surface area contributed by atoms with Crippen molar-refractivity contribution < 1.29 is 4.79 Å². The van der Waals surface area contributed by atoms with Crippen molar-refractivity contribution in [1.82, 2.24) is 30.4 Å². The summed E-state index contributed by atoms with van der Waals surface area (Å²) in [5.41, 5.74) is 3.59. The highest BCUT2D eigenvalue weighted by Crippen LogP contribution is 2.24. The molecule has 1 saturated heterocycles. The van der Waals surface area contributed by atoms with Gasteiger partial charge in [-0.3, -0.25) is 9.89 Å². The van der Waals surface area contributed by atoms with E-state index in [-0.39, 0.29) is 11.9 Å². The number of H-pyrrole nitrogens is 1. The number of hydrogen-bond acceptors (Lipinski definition) is 5. The second-order valence-corrected chi connectivity index (χ2v) is 7.19. The highest BCUT2D eigenvalue weighted by Gasteiger charge is 2.26. The van der Waals surface area contributed by atoms with E-state index >= 15 is 0 Å². The minimum atomic E-state index is -0.0321. The Hall–Kier alpha value is -2.28. The van der Waals surface area contributed by atoms with Gasteiger partial charge in [0.05, 0.1) is 11.7 Å². The normalized spacial score (nSPS) is 20.1. The molecule has 0 radical (unpaired) electrons. The Bertz CT molecular complexity index is 778. The van der Waals surface area contributed by atoms with Gasteiger partial charge in [-0.2, -0.15) is 5.10 Å². The quantitative estimate of drug-likeness (QED) is 0.892. The number of fused-ring (bicyclic) bond motifs is 1. The molecule has 4 heterocycles.